The highest BCUT2D eigenvalue weighted by atomic mass is 32.2. The van der Waals surface area contributed by atoms with Crippen molar-refractivity contribution >= 4 is 21.7 Å². The van der Waals surface area contributed by atoms with Gasteiger partial charge >= 0.3 is 5.97 Å². The summed E-state index contributed by atoms with van der Waals surface area (Å²) >= 11 is 0. The number of tetrazole rings is 1. The SMILES string of the molecule is Cc1ccc(S(=O)(=O)Nc2cc(-n3cnnn3)ccc2C(=O)O)cc1. The summed E-state index contributed by atoms with van der Waals surface area (Å²) in [6.45, 7) is 1.84. The molecular formula is C15H13N5O4S. The molecule has 2 aromatic carbocycles. The first kappa shape index (κ1) is 16.6. The highest BCUT2D eigenvalue weighted by Crippen LogP contribution is 2.23. The van der Waals surface area contributed by atoms with Crippen LogP contribution in [0.5, 0.6) is 0 Å². The zero-order chi connectivity index (χ0) is 18.0. The quantitative estimate of drug-likeness (QED) is 0.706. The monoisotopic (exact) mass is 359 g/mol. The largest absolute Gasteiger partial charge is 0.478 e. The molecule has 25 heavy (non-hydrogen) atoms. The molecule has 0 fully saturated rings. The van der Waals surface area contributed by atoms with Crippen LogP contribution in [0.2, 0.25) is 0 Å². The number of carbonyl (C=O) groups is 1. The minimum atomic E-state index is -3.95. The van der Waals surface area contributed by atoms with Gasteiger partial charge in [-0.3, -0.25) is 4.72 Å². The van der Waals surface area contributed by atoms with E-state index in [-0.39, 0.29) is 16.1 Å². The third-order valence-electron chi connectivity index (χ3n) is 3.42. The molecule has 0 aliphatic rings. The number of benzene rings is 2. The fraction of sp³-hybridized carbons (Fsp3) is 0.0667. The predicted molar refractivity (Wildman–Crippen MR) is 88.1 cm³/mol. The van der Waals surface area contributed by atoms with Gasteiger partial charge < -0.3 is 5.11 Å². The number of anilines is 1. The van der Waals surface area contributed by atoms with E-state index in [0.717, 1.165) is 5.56 Å². The number of carboxylic acids is 1. The van der Waals surface area contributed by atoms with Crippen LogP contribution in [0, 0.1) is 6.92 Å². The first-order chi connectivity index (χ1) is 11.9. The molecule has 0 aliphatic carbocycles. The Morgan fingerprint density at radius 3 is 2.48 bits per heavy atom. The molecule has 0 saturated heterocycles. The molecule has 0 atom stereocenters. The Kier molecular flexibility index (Phi) is 4.19. The molecule has 0 aliphatic heterocycles. The van der Waals surface area contributed by atoms with Crippen LogP contribution >= 0.6 is 0 Å². The molecule has 128 valence electrons. The Morgan fingerprint density at radius 2 is 1.88 bits per heavy atom. The van der Waals surface area contributed by atoms with Crippen LogP contribution in [0.25, 0.3) is 5.69 Å². The number of aryl methyl sites for hydroxylation is 1. The van der Waals surface area contributed by atoms with Crippen LogP contribution in [0.1, 0.15) is 15.9 Å². The average Bonchev–Trinajstić information content (AvgIpc) is 3.09. The second-order valence-corrected chi connectivity index (χ2v) is 6.89. The van der Waals surface area contributed by atoms with E-state index in [0.29, 0.717) is 5.69 Å². The minimum absolute atomic E-state index is 0.0299. The molecule has 10 heteroatoms. The maximum atomic E-state index is 12.5. The molecule has 0 amide bonds. The Balaban J connectivity index is 2.04. The summed E-state index contributed by atoms with van der Waals surface area (Å²) in [5, 5.41) is 20.0. The Hall–Kier alpha value is -3.27. The van der Waals surface area contributed by atoms with Crippen LogP contribution in [-0.2, 0) is 10.0 Å². The lowest BCUT2D eigenvalue weighted by atomic mass is 10.1. The maximum Gasteiger partial charge on any atom is 0.337 e. The van der Waals surface area contributed by atoms with Crippen molar-refractivity contribution in [1.29, 1.82) is 0 Å². The molecule has 0 radical (unpaired) electrons. The lowest BCUT2D eigenvalue weighted by Gasteiger charge is -2.12. The van der Waals surface area contributed by atoms with Crippen molar-refractivity contribution in [2.75, 3.05) is 4.72 Å². The molecule has 0 bridgehead atoms. The highest BCUT2D eigenvalue weighted by Gasteiger charge is 2.19. The molecule has 0 unspecified atom stereocenters. The molecule has 3 aromatic rings. The van der Waals surface area contributed by atoms with Crippen molar-refractivity contribution in [3.05, 3.63) is 59.9 Å². The van der Waals surface area contributed by atoms with E-state index in [1.807, 2.05) is 6.92 Å². The van der Waals surface area contributed by atoms with E-state index >= 15 is 0 Å². The van der Waals surface area contributed by atoms with Crippen molar-refractivity contribution < 1.29 is 18.3 Å². The standard InChI is InChI=1S/C15H13N5O4S/c1-10-2-5-12(6-3-10)25(23,24)17-14-8-11(20-9-16-18-19-20)4-7-13(14)15(21)22/h2-9,17H,1H3,(H,21,22). The molecule has 0 saturated carbocycles. The normalized spacial score (nSPS) is 11.2. The fourth-order valence-electron chi connectivity index (χ4n) is 2.15. The van der Waals surface area contributed by atoms with Gasteiger partial charge in [-0.05, 0) is 47.7 Å². The van der Waals surface area contributed by atoms with Crippen molar-refractivity contribution in [2.45, 2.75) is 11.8 Å². The summed E-state index contributed by atoms with van der Waals surface area (Å²) < 4.78 is 28.7. The summed E-state index contributed by atoms with van der Waals surface area (Å²) in [5.41, 5.74) is 1.05. The number of sulfonamides is 1. The lowest BCUT2D eigenvalue weighted by Crippen LogP contribution is -2.16. The van der Waals surface area contributed by atoms with Gasteiger partial charge in [0.05, 0.1) is 21.8 Å². The summed E-state index contributed by atoms with van der Waals surface area (Å²) in [4.78, 5) is 11.4. The summed E-state index contributed by atoms with van der Waals surface area (Å²) in [6, 6.07) is 10.3. The van der Waals surface area contributed by atoms with E-state index < -0.39 is 16.0 Å². The molecule has 3 rings (SSSR count). The smallest absolute Gasteiger partial charge is 0.337 e. The molecule has 2 N–H and O–H groups in total. The zero-order valence-corrected chi connectivity index (χ0v) is 13.8. The van der Waals surface area contributed by atoms with Gasteiger partial charge in [-0.25, -0.2) is 17.9 Å². The number of rotatable bonds is 5. The van der Waals surface area contributed by atoms with Gasteiger partial charge in [-0.1, -0.05) is 17.7 Å². The highest BCUT2D eigenvalue weighted by molar-refractivity contribution is 7.92. The maximum absolute atomic E-state index is 12.5. The second-order valence-electron chi connectivity index (χ2n) is 5.21. The van der Waals surface area contributed by atoms with Gasteiger partial charge in [0.25, 0.3) is 10.0 Å². The first-order valence-corrected chi connectivity index (χ1v) is 8.55. The summed E-state index contributed by atoms with van der Waals surface area (Å²) in [7, 11) is -3.95. The molecule has 9 nitrogen and oxygen atoms in total. The van der Waals surface area contributed by atoms with Gasteiger partial charge in [0.2, 0.25) is 0 Å². The zero-order valence-electron chi connectivity index (χ0n) is 13.0. The van der Waals surface area contributed by atoms with Gasteiger partial charge in [0, 0.05) is 0 Å². The van der Waals surface area contributed by atoms with E-state index in [2.05, 4.69) is 20.2 Å². The van der Waals surface area contributed by atoms with E-state index in [1.54, 1.807) is 12.1 Å². The van der Waals surface area contributed by atoms with E-state index in [1.165, 1.54) is 41.3 Å². The minimum Gasteiger partial charge on any atom is -0.478 e. The van der Waals surface area contributed by atoms with Crippen molar-refractivity contribution in [1.82, 2.24) is 20.2 Å². The van der Waals surface area contributed by atoms with Crippen LogP contribution < -0.4 is 4.72 Å². The third kappa shape index (κ3) is 3.48. The molecule has 1 heterocycles. The Bertz CT molecular complexity index is 1010. The number of aromatic carboxylic acids is 1. The van der Waals surface area contributed by atoms with Crippen LogP contribution in [0.15, 0.2) is 53.7 Å². The second kappa shape index (κ2) is 6.32. The van der Waals surface area contributed by atoms with E-state index in [4.69, 9.17) is 0 Å². The van der Waals surface area contributed by atoms with Gasteiger partial charge in [-0.15, -0.1) is 5.10 Å². The van der Waals surface area contributed by atoms with Gasteiger partial charge in [0.1, 0.15) is 6.33 Å². The Labute approximate surface area is 143 Å². The Morgan fingerprint density at radius 1 is 1.16 bits per heavy atom. The van der Waals surface area contributed by atoms with Gasteiger partial charge in [-0.2, -0.15) is 0 Å². The average molecular weight is 359 g/mol. The van der Waals surface area contributed by atoms with Crippen LogP contribution in [0.3, 0.4) is 0 Å². The summed E-state index contributed by atoms with van der Waals surface area (Å²) in [5.74, 6) is -1.26. The lowest BCUT2D eigenvalue weighted by molar-refractivity contribution is 0.0698. The number of nitrogens with zero attached hydrogens (tertiary/aromatic N) is 4. The van der Waals surface area contributed by atoms with Crippen LogP contribution in [-0.4, -0.2) is 39.7 Å². The summed E-state index contributed by atoms with van der Waals surface area (Å²) in [6.07, 6.45) is 1.31. The number of aromatic nitrogens is 4. The first-order valence-electron chi connectivity index (χ1n) is 7.07. The predicted octanol–water partition coefficient (Wildman–Crippen LogP) is 1.47. The van der Waals surface area contributed by atoms with Crippen molar-refractivity contribution in [2.24, 2.45) is 0 Å². The number of hydrogen-bond donors (Lipinski definition) is 2. The van der Waals surface area contributed by atoms with Gasteiger partial charge in [0.15, 0.2) is 0 Å². The third-order valence-corrected chi connectivity index (χ3v) is 4.80. The molecule has 1 aromatic heterocycles. The topological polar surface area (TPSA) is 127 Å². The van der Waals surface area contributed by atoms with E-state index in [9.17, 15) is 18.3 Å². The van der Waals surface area contributed by atoms with Crippen molar-refractivity contribution in [3.63, 3.8) is 0 Å². The number of carboxylic acid groups (broad SMARTS) is 1. The van der Waals surface area contributed by atoms with Crippen molar-refractivity contribution in [3.8, 4) is 5.69 Å². The number of hydrogen-bond acceptors (Lipinski definition) is 6. The number of nitrogens with one attached hydrogen (secondary N) is 1. The molecule has 0 spiro atoms. The molecular weight excluding hydrogens is 346 g/mol. The fourth-order valence-corrected chi connectivity index (χ4v) is 3.22. The van der Waals surface area contributed by atoms with Crippen LogP contribution in [0.4, 0.5) is 5.69 Å².